The lowest BCUT2D eigenvalue weighted by atomic mass is 10.3. The Morgan fingerprint density at radius 2 is 2.25 bits per heavy atom. The molecule has 0 spiro atoms. The van der Waals surface area contributed by atoms with E-state index in [0.29, 0.717) is 0 Å². The lowest BCUT2D eigenvalue weighted by molar-refractivity contribution is 0.941. The molecule has 62 valence electrons. The number of fused-ring (bicyclic) bond motifs is 1. The number of hydrogen-bond acceptors (Lipinski definition) is 2. The molecule has 4 heteroatoms. The maximum absolute atomic E-state index is 4.33. The molecule has 0 N–H and O–H groups in total. The predicted molar refractivity (Wildman–Crippen MR) is 50.9 cm³/mol. The molecular formula is C8H8BrN3. The third-order valence-electron chi connectivity index (χ3n) is 1.82. The molecule has 0 saturated carbocycles. The first-order valence-corrected chi connectivity index (χ1v) is 4.42. The predicted octanol–water partition coefficient (Wildman–Crippen LogP) is 2.04. The summed E-state index contributed by atoms with van der Waals surface area (Å²) in [6.07, 6.45) is 3.74. The van der Waals surface area contributed by atoms with Crippen molar-refractivity contribution in [2.24, 2.45) is 7.05 Å². The van der Waals surface area contributed by atoms with Crippen LogP contribution >= 0.6 is 15.9 Å². The largest absolute Gasteiger partial charge is 0.334 e. The first kappa shape index (κ1) is 7.73. The molecule has 0 unspecified atom stereocenters. The Labute approximate surface area is 78.6 Å². The van der Waals surface area contributed by atoms with Crippen molar-refractivity contribution in [2.75, 3.05) is 0 Å². The van der Waals surface area contributed by atoms with E-state index in [1.54, 1.807) is 6.20 Å². The molecule has 0 amide bonds. The van der Waals surface area contributed by atoms with Gasteiger partial charge in [0.2, 0.25) is 0 Å². The molecule has 0 aliphatic heterocycles. The molecule has 0 radical (unpaired) electrons. The van der Waals surface area contributed by atoms with Gasteiger partial charge in [-0.05, 0) is 28.4 Å². The summed E-state index contributed by atoms with van der Waals surface area (Å²) in [6, 6.07) is 0. The van der Waals surface area contributed by atoms with Crippen LogP contribution in [0.1, 0.15) is 5.56 Å². The third-order valence-corrected chi connectivity index (χ3v) is 2.20. The van der Waals surface area contributed by atoms with E-state index in [1.165, 1.54) is 0 Å². The van der Waals surface area contributed by atoms with Crippen molar-refractivity contribution >= 4 is 27.1 Å². The van der Waals surface area contributed by atoms with E-state index in [9.17, 15) is 0 Å². The first-order chi connectivity index (χ1) is 5.68. The zero-order valence-electron chi connectivity index (χ0n) is 6.87. The summed E-state index contributed by atoms with van der Waals surface area (Å²) in [6.45, 7) is 2.03. The van der Waals surface area contributed by atoms with Crippen LogP contribution in [0.4, 0.5) is 0 Å². The minimum atomic E-state index is 0.782. The monoisotopic (exact) mass is 225 g/mol. The molecule has 0 bridgehead atoms. The van der Waals surface area contributed by atoms with Gasteiger partial charge in [-0.15, -0.1) is 0 Å². The summed E-state index contributed by atoms with van der Waals surface area (Å²) in [5.41, 5.74) is 3.05. The van der Waals surface area contributed by atoms with Crippen molar-refractivity contribution in [1.29, 1.82) is 0 Å². The number of hydrogen-bond donors (Lipinski definition) is 0. The van der Waals surface area contributed by atoms with E-state index in [0.717, 1.165) is 21.3 Å². The van der Waals surface area contributed by atoms with Gasteiger partial charge in [0.25, 0.3) is 0 Å². The van der Waals surface area contributed by atoms with Crippen LogP contribution in [0.3, 0.4) is 0 Å². The van der Waals surface area contributed by atoms with Gasteiger partial charge in [-0.2, -0.15) is 0 Å². The van der Waals surface area contributed by atoms with Gasteiger partial charge in [0.05, 0.1) is 6.20 Å². The van der Waals surface area contributed by atoms with Crippen molar-refractivity contribution in [3.8, 4) is 0 Å². The molecule has 2 aromatic heterocycles. The van der Waals surface area contributed by atoms with E-state index >= 15 is 0 Å². The Bertz CT molecular complexity index is 433. The fourth-order valence-corrected chi connectivity index (χ4v) is 1.58. The highest BCUT2D eigenvalue weighted by molar-refractivity contribution is 9.10. The average molecular weight is 226 g/mol. The topological polar surface area (TPSA) is 30.7 Å². The molecule has 0 aromatic carbocycles. The zero-order valence-corrected chi connectivity index (χ0v) is 8.46. The van der Waals surface area contributed by atoms with Crippen molar-refractivity contribution in [3.05, 3.63) is 22.6 Å². The molecule has 0 atom stereocenters. The smallest absolute Gasteiger partial charge is 0.158 e. The maximum atomic E-state index is 4.33. The molecule has 2 rings (SSSR count). The second-order valence-electron chi connectivity index (χ2n) is 2.79. The van der Waals surface area contributed by atoms with Crippen molar-refractivity contribution in [2.45, 2.75) is 6.92 Å². The Balaban J connectivity index is 2.90. The Kier molecular flexibility index (Phi) is 1.65. The highest BCUT2D eigenvalue weighted by Crippen LogP contribution is 2.17. The summed E-state index contributed by atoms with van der Waals surface area (Å²) in [7, 11) is 1.97. The van der Waals surface area contributed by atoms with E-state index in [4.69, 9.17) is 0 Å². The van der Waals surface area contributed by atoms with Crippen molar-refractivity contribution in [1.82, 2.24) is 14.5 Å². The molecular weight excluding hydrogens is 218 g/mol. The SMILES string of the molecule is Cc1cn(C)c2ncc(Br)nc12. The molecule has 0 fully saturated rings. The zero-order chi connectivity index (χ0) is 8.72. The van der Waals surface area contributed by atoms with Crippen LogP contribution in [0.15, 0.2) is 17.0 Å². The quantitative estimate of drug-likeness (QED) is 0.688. The standard InChI is InChI=1S/C8H8BrN3/c1-5-4-12(2)8-7(5)11-6(9)3-10-8/h3-4H,1-2H3. The Morgan fingerprint density at radius 1 is 1.50 bits per heavy atom. The molecule has 3 nitrogen and oxygen atoms in total. The average Bonchev–Trinajstić information content (AvgIpc) is 2.28. The summed E-state index contributed by atoms with van der Waals surface area (Å²) in [4.78, 5) is 8.58. The maximum Gasteiger partial charge on any atom is 0.158 e. The number of aryl methyl sites for hydroxylation is 2. The second-order valence-corrected chi connectivity index (χ2v) is 3.60. The van der Waals surface area contributed by atoms with Gasteiger partial charge in [0, 0.05) is 13.2 Å². The van der Waals surface area contributed by atoms with Gasteiger partial charge in [-0.1, -0.05) is 0 Å². The van der Waals surface area contributed by atoms with Crippen LogP contribution in [0.2, 0.25) is 0 Å². The van der Waals surface area contributed by atoms with Crippen LogP contribution in [-0.2, 0) is 7.05 Å². The third kappa shape index (κ3) is 1.03. The molecule has 12 heavy (non-hydrogen) atoms. The van der Waals surface area contributed by atoms with E-state index < -0.39 is 0 Å². The van der Waals surface area contributed by atoms with Crippen LogP contribution in [-0.4, -0.2) is 14.5 Å². The van der Waals surface area contributed by atoms with Gasteiger partial charge < -0.3 is 4.57 Å². The van der Waals surface area contributed by atoms with Gasteiger partial charge in [0.1, 0.15) is 10.1 Å². The summed E-state index contributed by atoms with van der Waals surface area (Å²) >= 11 is 3.29. The highest BCUT2D eigenvalue weighted by atomic mass is 79.9. The minimum absolute atomic E-state index is 0.782. The van der Waals surface area contributed by atoms with Crippen LogP contribution < -0.4 is 0 Å². The lowest BCUT2D eigenvalue weighted by Gasteiger charge is -1.93. The molecule has 0 saturated heterocycles. The van der Waals surface area contributed by atoms with Gasteiger partial charge in [0.15, 0.2) is 5.65 Å². The Morgan fingerprint density at radius 3 is 3.00 bits per heavy atom. The van der Waals surface area contributed by atoms with Crippen molar-refractivity contribution in [3.63, 3.8) is 0 Å². The van der Waals surface area contributed by atoms with Crippen LogP contribution in [0.25, 0.3) is 11.2 Å². The normalized spacial score (nSPS) is 10.9. The number of rotatable bonds is 0. The van der Waals surface area contributed by atoms with Gasteiger partial charge in [-0.25, -0.2) is 9.97 Å². The highest BCUT2D eigenvalue weighted by Gasteiger charge is 2.04. The van der Waals surface area contributed by atoms with E-state index in [1.807, 2.05) is 24.7 Å². The Hall–Kier alpha value is -0.900. The molecule has 0 aliphatic carbocycles. The van der Waals surface area contributed by atoms with Gasteiger partial charge >= 0.3 is 0 Å². The summed E-state index contributed by atoms with van der Waals surface area (Å²) in [5.74, 6) is 0. The number of nitrogens with zero attached hydrogens (tertiary/aromatic N) is 3. The van der Waals surface area contributed by atoms with Crippen LogP contribution in [0.5, 0.6) is 0 Å². The van der Waals surface area contributed by atoms with E-state index in [2.05, 4.69) is 25.9 Å². The lowest BCUT2D eigenvalue weighted by Crippen LogP contribution is -1.88. The van der Waals surface area contributed by atoms with Crippen LogP contribution in [0, 0.1) is 6.92 Å². The molecule has 2 aromatic rings. The summed E-state index contributed by atoms with van der Waals surface area (Å²) in [5, 5.41) is 0. The molecule has 2 heterocycles. The van der Waals surface area contributed by atoms with Crippen molar-refractivity contribution < 1.29 is 0 Å². The number of halogens is 1. The fourth-order valence-electron chi connectivity index (χ4n) is 1.30. The fraction of sp³-hybridized carbons (Fsp3) is 0.250. The minimum Gasteiger partial charge on any atom is -0.334 e. The first-order valence-electron chi connectivity index (χ1n) is 3.62. The van der Waals surface area contributed by atoms with E-state index in [-0.39, 0.29) is 0 Å². The summed E-state index contributed by atoms with van der Waals surface area (Å²) < 4.78 is 2.76. The van der Waals surface area contributed by atoms with Gasteiger partial charge in [-0.3, -0.25) is 0 Å². The molecule has 0 aliphatic rings. The second kappa shape index (κ2) is 2.55. The number of aromatic nitrogens is 3.